The largest absolute Gasteiger partial charge is 0.250 e. The molecular weight excluding hydrogens is 174 g/mol. The summed E-state index contributed by atoms with van der Waals surface area (Å²) in [7, 11) is 1.84. The number of hydrogen-bond donors (Lipinski definition) is 0. The SMILES string of the molecule is Cc1nn(C)c2n[c]cc(Cl)c12. The van der Waals surface area contributed by atoms with E-state index >= 15 is 0 Å². The van der Waals surface area contributed by atoms with Gasteiger partial charge in [-0.15, -0.1) is 0 Å². The first-order chi connectivity index (χ1) is 5.70. The molecule has 0 aliphatic heterocycles. The molecule has 2 aromatic rings. The summed E-state index contributed by atoms with van der Waals surface area (Å²) >= 11 is 5.95. The number of hydrogen-bond acceptors (Lipinski definition) is 2. The van der Waals surface area contributed by atoms with E-state index in [1.54, 1.807) is 10.7 Å². The van der Waals surface area contributed by atoms with Crippen molar-refractivity contribution in [3.05, 3.63) is 23.0 Å². The van der Waals surface area contributed by atoms with Gasteiger partial charge in [0.25, 0.3) is 0 Å². The van der Waals surface area contributed by atoms with Crippen LogP contribution >= 0.6 is 11.6 Å². The van der Waals surface area contributed by atoms with Crippen LogP contribution in [0.4, 0.5) is 0 Å². The number of aromatic nitrogens is 3. The van der Waals surface area contributed by atoms with E-state index in [0.29, 0.717) is 5.02 Å². The molecule has 2 rings (SSSR count). The fraction of sp³-hybridized carbons (Fsp3) is 0.250. The van der Waals surface area contributed by atoms with Crippen LogP contribution in [0.15, 0.2) is 6.07 Å². The van der Waals surface area contributed by atoms with Gasteiger partial charge in [0.15, 0.2) is 5.65 Å². The minimum Gasteiger partial charge on any atom is -0.250 e. The van der Waals surface area contributed by atoms with E-state index in [1.165, 1.54) is 0 Å². The second-order valence-electron chi connectivity index (χ2n) is 2.64. The molecule has 1 radical (unpaired) electrons. The van der Waals surface area contributed by atoms with E-state index in [2.05, 4.69) is 16.3 Å². The average molecular weight is 181 g/mol. The molecule has 2 heterocycles. The maximum atomic E-state index is 5.95. The Morgan fingerprint density at radius 1 is 1.58 bits per heavy atom. The molecule has 3 nitrogen and oxygen atoms in total. The van der Waals surface area contributed by atoms with Crippen molar-refractivity contribution in [1.29, 1.82) is 0 Å². The van der Waals surface area contributed by atoms with Gasteiger partial charge in [-0.05, 0) is 13.0 Å². The van der Waals surface area contributed by atoms with Crippen LogP contribution in [0.2, 0.25) is 5.02 Å². The Kier molecular flexibility index (Phi) is 1.54. The van der Waals surface area contributed by atoms with Gasteiger partial charge in [0.2, 0.25) is 0 Å². The summed E-state index contributed by atoms with van der Waals surface area (Å²) in [6.07, 6.45) is 2.72. The molecule has 0 aliphatic carbocycles. The highest BCUT2D eigenvalue weighted by Crippen LogP contribution is 2.23. The standard InChI is InChI=1S/C8H7ClN3/c1-5-7-6(9)3-4-10-8(7)12(2)11-5/h3H,1-2H3. The molecule has 0 fully saturated rings. The quantitative estimate of drug-likeness (QED) is 0.618. The highest BCUT2D eigenvalue weighted by atomic mass is 35.5. The minimum absolute atomic E-state index is 0.658. The van der Waals surface area contributed by atoms with E-state index in [0.717, 1.165) is 16.7 Å². The Morgan fingerprint density at radius 3 is 3.00 bits per heavy atom. The molecule has 4 heteroatoms. The molecule has 0 N–H and O–H groups in total. The molecule has 0 bridgehead atoms. The Balaban J connectivity index is 2.99. The lowest BCUT2D eigenvalue weighted by atomic mass is 10.3. The lowest BCUT2D eigenvalue weighted by Gasteiger charge is -1.92. The molecule has 12 heavy (non-hydrogen) atoms. The van der Waals surface area contributed by atoms with Gasteiger partial charge in [-0.2, -0.15) is 5.10 Å². The average Bonchev–Trinajstić information content (AvgIpc) is 2.29. The van der Waals surface area contributed by atoms with Crippen molar-refractivity contribution in [2.24, 2.45) is 7.05 Å². The summed E-state index contributed by atoms with van der Waals surface area (Å²) in [5.41, 5.74) is 1.68. The van der Waals surface area contributed by atoms with E-state index in [9.17, 15) is 0 Å². The van der Waals surface area contributed by atoms with Crippen molar-refractivity contribution in [2.75, 3.05) is 0 Å². The Morgan fingerprint density at radius 2 is 2.33 bits per heavy atom. The minimum atomic E-state index is 0.658. The van der Waals surface area contributed by atoms with Crippen LogP contribution in [-0.2, 0) is 7.05 Å². The molecule has 61 valence electrons. The Hall–Kier alpha value is -1.09. The van der Waals surface area contributed by atoms with E-state index in [1.807, 2.05) is 14.0 Å². The van der Waals surface area contributed by atoms with Crippen LogP contribution in [0, 0.1) is 13.1 Å². The molecule has 0 aliphatic rings. The lowest BCUT2D eigenvalue weighted by Crippen LogP contribution is -1.91. The zero-order chi connectivity index (χ0) is 8.72. The molecule has 0 amide bonds. The van der Waals surface area contributed by atoms with Crippen molar-refractivity contribution in [3.63, 3.8) is 0 Å². The predicted octanol–water partition coefficient (Wildman–Crippen LogP) is 1.73. The molecule has 0 saturated carbocycles. The number of fused-ring (bicyclic) bond motifs is 1. The third-order valence-corrected chi connectivity index (χ3v) is 2.09. The summed E-state index contributed by atoms with van der Waals surface area (Å²) in [5, 5.41) is 5.77. The van der Waals surface area contributed by atoms with Gasteiger partial charge in [0, 0.05) is 7.05 Å². The predicted molar refractivity (Wildman–Crippen MR) is 47.1 cm³/mol. The molecular formula is C8H7ClN3. The maximum Gasteiger partial charge on any atom is 0.160 e. The first-order valence-electron chi connectivity index (χ1n) is 3.56. The highest BCUT2D eigenvalue weighted by Gasteiger charge is 2.08. The van der Waals surface area contributed by atoms with Crippen LogP contribution in [0.5, 0.6) is 0 Å². The molecule has 2 aromatic heterocycles. The lowest BCUT2D eigenvalue weighted by molar-refractivity contribution is 0.773. The topological polar surface area (TPSA) is 30.7 Å². The molecule has 0 aromatic carbocycles. The van der Waals surface area contributed by atoms with E-state index < -0.39 is 0 Å². The Bertz CT molecular complexity index is 433. The fourth-order valence-electron chi connectivity index (χ4n) is 1.28. The second kappa shape index (κ2) is 2.45. The number of pyridine rings is 1. The van der Waals surface area contributed by atoms with Crippen LogP contribution in [0.1, 0.15) is 5.69 Å². The number of aryl methyl sites for hydroxylation is 2. The fourth-order valence-corrected chi connectivity index (χ4v) is 1.55. The van der Waals surface area contributed by atoms with Gasteiger partial charge >= 0.3 is 0 Å². The Labute approximate surface area is 75.0 Å². The first-order valence-corrected chi connectivity index (χ1v) is 3.94. The number of rotatable bonds is 0. The van der Waals surface area contributed by atoms with Crippen molar-refractivity contribution >= 4 is 22.6 Å². The first kappa shape index (κ1) is 7.55. The zero-order valence-corrected chi connectivity index (χ0v) is 7.55. The van der Waals surface area contributed by atoms with Gasteiger partial charge in [0.1, 0.15) is 0 Å². The summed E-state index contributed by atoms with van der Waals surface area (Å²) in [6, 6.07) is 1.65. The summed E-state index contributed by atoms with van der Waals surface area (Å²) in [6.45, 7) is 1.91. The smallest absolute Gasteiger partial charge is 0.160 e. The van der Waals surface area contributed by atoms with Crippen molar-refractivity contribution in [1.82, 2.24) is 14.8 Å². The van der Waals surface area contributed by atoms with Crippen molar-refractivity contribution in [2.45, 2.75) is 6.92 Å². The van der Waals surface area contributed by atoms with Gasteiger partial charge in [0.05, 0.1) is 22.3 Å². The highest BCUT2D eigenvalue weighted by molar-refractivity contribution is 6.35. The van der Waals surface area contributed by atoms with Crippen LogP contribution in [0.25, 0.3) is 11.0 Å². The number of nitrogens with zero attached hydrogens (tertiary/aromatic N) is 3. The molecule has 0 atom stereocenters. The maximum absolute atomic E-state index is 5.95. The van der Waals surface area contributed by atoms with Crippen LogP contribution in [0.3, 0.4) is 0 Å². The monoisotopic (exact) mass is 180 g/mol. The van der Waals surface area contributed by atoms with Crippen molar-refractivity contribution < 1.29 is 0 Å². The molecule has 0 unspecified atom stereocenters. The van der Waals surface area contributed by atoms with E-state index in [-0.39, 0.29) is 0 Å². The summed E-state index contributed by atoms with van der Waals surface area (Å²) in [5.74, 6) is 0. The van der Waals surface area contributed by atoms with Gasteiger partial charge in [-0.3, -0.25) is 4.68 Å². The van der Waals surface area contributed by atoms with Gasteiger partial charge in [-0.25, -0.2) is 4.98 Å². The van der Waals surface area contributed by atoms with Crippen LogP contribution < -0.4 is 0 Å². The van der Waals surface area contributed by atoms with Gasteiger partial charge in [-0.1, -0.05) is 11.6 Å². The second-order valence-corrected chi connectivity index (χ2v) is 3.05. The number of halogens is 1. The van der Waals surface area contributed by atoms with Crippen molar-refractivity contribution in [3.8, 4) is 0 Å². The third kappa shape index (κ3) is 0.898. The third-order valence-electron chi connectivity index (χ3n) is 1.79. The van der Waals surface area contributed by atoms with Gasteiger partial charge < -0.3 is 0 Å². The van der Waals surface area contributed by atoms with E-state index in [4.69, 9.17) is 11.6 Å². The molecule has 0 saturated heterocycles. The molecule has 0 spiro atoms. The summed E-state index contributed by atoms with van der Waals surface area (Å²) < 4.78 is 1.70. The zero-order valence-electron chi connectivity index (χ0n) is 6.80. The normalized spacial score (nSPS) is 10.9. The van der Waals surface area contributed by atoms with Crippen LogP contribution in [-0.4, -0.2) is 14.8 Å². The summed E-state index contributed by atoms with van der Waals surface area (Å²) in [4.78, 5) is 4.05.